The van der Waals surface area contributed by atoms with Gasteiger partial charge in [0.15, 0.2) is 23.5 Å². The first-order valence-electron chi connectivity index (χ1n) is 9.94. The minimum absolute atomic E-state index is 0.108. The molecule has 2 unspecified atom stereocenters. The third-order valence-corrected chi connectivity index (χ3v) is 5.09. The lowest BCUT2D eigenvalue weighted by molar-refractivity contribution is -0.139. The minimum Gasteiger partial charge on any atom is -0.478 e. The molecule has 31 heavy (non-hydrogen) atoms. The van der Waals surface area contributed by atoms with Crippen molar-refractivity contribution in [3.05, 3.63) is 53.7 Å². The Morgan fingerprint density at radius 2 is 2.13 bits per heavy atom. The zero-order chi connectivity index (χ0) is 22.0. The average molecular weight is 429 g/mol. The number of likely N-dealkylation sites (tertiary alicyclic amines) is 1. The molecule has 1 aliphatic rings. The summed E-state index contributed by atoms with van der Waals surface area (Å²) in [7, 11) is 0. The quantitative estimate of drug-likeness (QED) is 0.614. The fraction of sp³-hybridized carbons (Fsp3) is 0.381. The Kier molecular flexibility index (Phi) is 5.88. The Bertz CT molecular complexity index is 1070. The topological polar surface area (TPSA) is 94.2 Å². The number of halogens is 2. The molecule has 8 nitrogen and oxygen atoms in total. The summed E-state index contributed by atoms with van der Waals surface area (Å²) in [6.45, 7) is 4.30. The highest BCUT2D eigenvalue weighted by molar-refractivity contribution is 5.81. The summed E-state index contributed by atoms with van der Waals surface area (Å²) in [6.07, 6.45) is 3.80. The molecule has 2 aromatic heterocycles. The van der Waals surface area contributed by atoms with Gasteiger partial charge in [-0.15, -0.1) is 0 Å². The number of carbonyl (C=O) groups excluding carboxylic acids is 1. The molecule has 0 aliphatic carbocycles. The van der Waals surface area contributed by atoms with Gasteiger partial charge < -0.3 is 14.2 Å². The second-order valence-electron chi connectivity index (χ2n) is 7.46. The summed E-state index contributed by atoms with van der Waals surface area (Å²) >= 11 is 0. The predicted molar refractivity (Wildman–Crippen MR) is 105 cm³/mol. The zero-order valence-electron chi connectivity index (χ0n) is 17.1. The van der Waals surface area contributed by atoms with Crippen LogP contribution in [0.4, 0.5) is 8.78 Å². The van der Waals surface area contributed by atoms with Gasteiger partial charge in [-0.25, -0.2) is 13.8 Å². The lowest BCUT2D eigenvalue weighted by Crippen LogP contribution is -2.45. The van der Waals surface area contributed by atoms with E-state index in [9.17, 15) is 13.6 Å². The van der Waals surface area contributed by atoms with Gasteiger partial charge in [-0.3, -0.25) is 9.78 Å². The van der Waals surface area contributed by atoms with E-state index in [0.717, 1.165) is 30.7 Å². The van der Waals surface area contributed by atoms with E-state index in [2.05, 4.69) is 20.1 Å². The van der Waals surface area contributed by atoms with Crippen molar-refractivity contribution in [1.82, 2.24) is 25.0 Å². The standard InChI is InChI=1S/C21H21F2N5O3/c1-12-9-25-17(10-24-12)20-26-19(27-31-20)14-4-3-7-28(11-14)21(29)13(2)30-18-6-5-15(22)8-16(18)23/h5-6,8-10,13-14H,3-4,7,11H2,1-2H3. The maximum absolute atomic E-state index is 13.8. The van der Waals surface area contributed by atoms with Crippen molar-refractivity contribution in [2.45, 2.75) is 38.7 Å². The maximum atomic E-state index is 13.8. The van der Waals surface area contributed by atoms with Crippen LogP contribution >= 0.6 is 0 Å². The molecular weight excluding hydrogens is 408 g/mol. The van der Waals surface area contributed by atoms with Gasteiger partial charge in [-0.2, -0.15) is 4.98 Å². The van der Waals surface area contributed by atoms with E-state index in [1.807, 2.05) is 6.92 Å². The van der Waals surface area contributed by atoms with Crippen molar-refractivity contribution in [3.63, 3.8) is 0 Å². The molecule has 1 amide bonds. The van der Waals surface area contributed by atoms with Gasteiger partial charge in [0.2, 0.25) is 0 Å². The summed E-state index contributed by atoms with van der Waals surface area (Å²) in [5, 5.41) is 4.06. The molecule has 0 saturated carbocycles. The van der Waals surface area contributed by atoms with E-state index in [-0.39, 0.29) is 23.5 Å². The number of hydrogen-bond donors (Lipinski definition) is 0. The first kappa shape index (κ1) is 20.8. The Morgan fingerprint density at radius 1 is 1.29 bits per heavy atom. The first-order valence-corrected chi connectivity index (χ1v) is 9.94. The van der Waals surface area contributed by atoms with E-state index >= 15 is 0 Å². The highest BCUT2D eigenvalue weighted by Crippen LogP contribution is 2.27. The molecule has 1 aliphatic heterocycles. The molecular formula is C21H21F2N5O3. The van der Waals surface area contributed by atoms with Crippen molar-refractivity contribution in [3.8, 4) is 17.3 Å². The van der Waals surface area contributed by atoms with Crippen LogP contribution in [0, 0.1) is 18.6 Å². The number of aryl methyl sites for hydroxylation is 1. The van der Waals surface area contributed by atoms with E-state index in [4.69, 9.17) is 9.26 Å². The first-order chi connectivity index (χ1) is 14.9. The van der Waals surface area contributed by atoms with Crippen molar-refractivity contribution in [2.75, 3.05) is 13.1 Å². The summed E-state index contributed by atoms with van der Waals surface area (Å²) in [5.74, 6) is -1.36. The molecule has 1 saturated heterocycles. The second-order valence-corrected chi connectivity index (χ2v) is 7.46. The van der Waals surface area contributed by atoms with Crippen LogP contribution in [0.2, 0.25) is 0 Å². The molecule has 3 heterocycles. The minimum atomic E-state index is -0.928. The zero-order valence-corrected chi connectivity index (χ0v) is 17.1. The molecule has 0 bridgehead atoms. The van der Waals surface area contributed by atoms with Crippen molar-refractivity contribution >= 4 is 5.91 Å². The molecule has 162 valence electrons. The lowest BCUT2D eigenvalue weighted by Gasteiger charge is -2.33. The lowest BCUT2D eigenvalue weighted by atomic mass is 9.97. The normalized spacial score (nSPS) is 17.4. The molecule has 0 N–H and O–H groups in total. The van der Waals surface area contributed by atoms with Gasteiger partial charge in [0.1, 0.15) is 11.5 Å². The summed E-state index contributed by atoms with van der Waals surface area (Å²) in [6, 6.07) is 2.97. The summed E-state index contributed by atoms with van der Waals surface area (Å²) < 4.78 is 37.7. The van der Waals surface area contributed by atoms with Crippen LogP contribution in [0.15, 0.2) is 35.1 Å². The third kappa shape index (κ3) is 4.68. The van der Waals surface area contributed by atoms with Gasteiger partial charge in [-0.1, -0.05) is 5.16 Å². The van der Waals surface area contributed by atoms with Gasteiger partial charge in [-0.05, 0) is 38.8 Å². The number of hydrogen-bond acceptors (Lipinski definition) is 7. The fourth-order valence-corrected chi connectivity index (χ4v) is 3.46. The highest BCUT2D eigenvalue weighted by Gasteiger charge is 2.31. The monoisotopic (exact) mass is 429 g/mol. The number of piperidine rings is 1. The largest absolute Gasteiger partial charge is 0.478 e. The Morgan fingerprint density at radius 3 is 2.87 bits per heavy atom. The van der Waals surface area contributed by atoms with Crippen LogP contribution in [-0.4, -0.2) is 50.1 Å². The molecule has 2 atom stereocenters. The summed E-state index contributed by atoms with van der Waals surface area (Å²) in [5.41, 5.74) is 1.26. The molecule has 0 spiro atoms. The Balaban J connectivity index is 1.42. The third-order valence-electron chi connectivity index (χ3n) is 5.09. The number of benzene rings is 1. The number of rotatable bonds is 5. The fourth-order valence-electron chi connectivity index (χ4n) is 3.46. The summed E-state index contributed by atoms with van der Waals surface area (Å²) in [4.78, 5) is 27.3. The number of carbonyl (C=O) groups is 1. The molecule has 1 fully saturated rings. The van der Waals surface area contributed by atoms with Crippen molar-refractivity contribution < 1.29 is 22.8 Å². The van der Waals surface area contributed by atoms with Crippen LogP contribution in [0.1, 0.15) is 37.2 Å². The Hall–Kier alpha value is -3.43. The van der Waals surface area contributed by atoms with Crippen LogP contribution in [0.25, 0.3) is 11.6 Å². The molecule has 3 aromatic rings. The molecule has 1 aromatic carbocycles. The number of ether oxygens (including phenoxy) is 1. The molecule has 0 radical (unpaired) electrons. The van der Waals surface area contributed by atoms with Gasteiger partial charge in [0.25, 0.3) is 11.8 Å². The van der Waals surface area contributed by atoms with Crippen LogP contribution in [0.3, 0.4) is 0 Å². The number of amides is 1. The Labute approximate surface area is 177 Å². The molecule has 10 heteroatoms. The average Bonchev–Trinajstić information content (AvgIpc) is 3.26. The maximum Gasteiger partial charge on any atom is 0.278 e. The van der Waals surface area contributed by atoms with E-state index in [0.29, 0.717) is 24.6 Å². The van der Waals surface area contributed by atoms with Gasteiger partial charge >= 0.3 is 0 Å². The van der Waals surface area contributed by atoms with Crippen LogP contribution < -0.4 is 4.74 Å². The second kappa shape index (κ2) is 8.75. The number of aromatic nitrogens is 4. The number of nitrogens with zero attached hydrogens (tertiary/aromatic N) is 5. The van der Waals surface area contributed by atoms with E-state index < -0.39 is 17.7 Å². The van der Waals surface area contributed by atoms with Crippen LogP contribution in [-0.2, 0) is 4.79 Å². The van der Waals surface area contributed by atoms with Gasteiger partial charge in [0.05, 0.1) is 11.9 Å². The smallest absolute Gasteiger partial charge is 0.278 e. The van der Waals surface area contributed by atoms with Crippen molar-refractivity contribution in [2.24, 2.45) is 0 Å². The van der Waals surface area contributed by atoms with E-state index in [1.54, 1.807) is 17.3 Å². The van der Waals surface area contributed by atoms with Crippen LogP contribution in [0.5, 0.6) is 5.75 Å². The van der Waals surface area contributed by atoms with Gasteiger partial charge in [0, 0.05) is 31.3 Å². The predicted octanol–water partition coefficient (Wildman–Crippen LogP) is 3.29. The van der Waals surface area contributed by atoms with E-state index in [1.165, 1.54) is 13.0 Å². The highest BCUT2D eigenvalue weighted by atomic mass is 19.1. The van der Waals surface area contributed by atoms with Crippen molar-refractivity contribution in [1.29, 1.82) is 0 Å². The SMILES string of the molecule is Cc1cnc(-c2nc(C3CCCN(C(=O)C(C)Oc4ccc(F)cc4F)C3)no2)cn1. The molecule has 4 rings (SSSR count).